The van der Waals surface area contributed by atoms with Gasteiger partial charge in [-0.3, -0.25) is 0 Å². The van der Waals surface area contributed by atoms with Gasteiger partial charge < -0.3 is 10.6 Å². The Labute approximate surface area is 65.4 Å². The second-order valence-corrected chi connectivity index (χ2v) is 2.19. The van der Waals surface area contributed by atoms with Crippen molar-refractivity contribution in [2.75, 3.05) is 24.7 Å². The van der Waals surface area contributed by atoms with Gasteiger partial charge in [0.15, 0.2) is 0 Å². The number of anilines is 2. The molecule has 1 aromatic carbocycles. The van der Waals surface area contributed by atoms with Gasteiger partial charge in [0.25, 0.3) is 0 Å². The van der Waals surface area contributed by atoms with Crippen LogP contribution in [0, 0.1) is 5.82 Å². The van der Waals surface area contributed by atoms with E-state index < -0.39 is 0 Å². The van der Waals surface area contributed by atoms with Crippen LogP contribution in [-0.2, 0) is 0 Å². The minimum atomic E-state index is -0.228. The highest BCUT2D eigenvalue weighted by atomic mass is 19.1. The van der Waals surface area contributed by atoms with E-state index in [1.807, 2.05) is 0 Å². The molecule has 0 aliphatic carbocycles. The molecule has 3 heteroatoms. The Bertz CT molecular complexity index is 248. The zero-order valence-electron chi connectivity index (χ0n) is 6.61. The van der Waals surface area contributed by atoms with E-state index in [-0.39, 0.29) is 5.82 Å². The van der Waals surface area contributed by atoms with E-state index in [1.54, 1.807) is 20.2 Å². The monoisotopic (exact) mass is 154 g/mol. The van der Waals surface area contributed by atoms with Crippen molar-refractivity contribution in [1.29, 1.82) is 0 Å². The summed E-state index contributed by atoms with van der Waals surface area (Å²) in [6, 6.07) is 4.57. The first-order chi connectivity index (χ1) is 5.27. The van der Waals surface area contributed by atoms with Crippen LogP contribution in [0.15, 0.2) is 18.2 Å². The fourth-order valence-electron chi connectivity index (χ4n) is 0.941. The standard InChI is InChI=1S/C8H11FN2/c1-10-7-4-3-6(9)5-8(7)11-2/h3-5,10-11H,1-2H3. The van der Waals surface area contributed by atoms with Crippen molar-refractivity contribution in [2.24, 2.45) is 0 Å². The summed E-state index contributed by atoms with van der Waals surface area (Å²) >= 11 is 0. The summed E-state index contributed by atoms with van der Waals surface area (Å²) < 4.78 is 12.6. The van der Waals surface area contributed by atoms with Gasteiger partial charge in [0.1, 0.15) is 5.82 Å². The number of hydrogen-bond donors (Lipinski definition) is 2. The van der Waals surface area contributed by atoms with Crippen molar-refractivity contribution in [3.8, 4) is 0 Å². The lowest BCUT2D eigenvalue weighted by Gasteiger charge is -2.07. The first-order valence-corrected chi connectivity index (χ1v) is 3.43. The number of rotatable bonds is 2. The highest BCUT2D eigenvalue weighted by Crippen LogP contribution is 2.20. The van der Waals surface area contributed by atoms with Gasteiger partial charge in [0.05, 0.1) is 11.4 Å². The molecular weight excluding hydrogens is 143 g/mol. The summed E-state index contributed by atoms with van der Waals surface area (Å²) in [4.78, 5) is 0. The Kier molecular flexibility index (Phi) is 2.31. The van der Waals surface area contributed by atoms with Crippen molar-refractivity contribution >= 4 is 11.4 Å². The van der Waals surface area contributed by atoms with Gasteiger partial charge in [-0.25, -0.2) is 4.39 Å². The Hall–Kier alpha value is -1.25. The maximum absolute atomic E-state index is 12.6. The van der Waals surface area contributed by atoms with E-state index >= 15 is 0 Å². The maximum atomic E-state index is 12.6. The lowest BCUT2D eigenvalue weighted by Crippen LogP contribution is -1.96. The third-order valence-corrected chi connectivity index (χ3v) is 1.52. The van der Waals surface area contributed by atoms with Crippen molar-refractivity contribution in [2.45, 2.75) is 0 Å². The zero-order chi connectivity index (χ0) is 8.27. The molecule has 0 spiro atoms. The average Bonchev–Trinajstić information content (AvgIpc) is 2.04. The van der Waals surface area contributed by atoms with E-state index in [0.717, 1.165) is 11.4 Å². The molecule has 1 rings (SSSR count). The fourth-order valence-corrected chi connectivity index (χ4v) is 0.941. The van der Waals surface area contributed by atoms with Crippen LogP contribution in [0.1, 0.15) is 0 Å². The number of halogens is 1. The summed E-state index contributed by atoms with van der Waals surface area (Å²) in [6.45, 7) is 0. The first-order valence-electron chi connectivity index (χ1n) is 3.43. The quantitative estimate of drug-likeness (QED) is 0.680. The Morgan fingerprint density at radius 3 is 2.27 bits per heavy atom. The predicted molar refractivity (Wildman–Crippen MR) is 45.5 cm³/mol. The van der Waals surface area contributed by atoms with E-state index in [2.05, 4.69) is 10.6 Å². The van der Waals surface area contributed by atoms with Gasteiger partial charge in [0, 0.05) is 14.1 Å². The third-order valence-electron chi connectivity index (χ3n) is 1.52. The van der Waals surface area contributed by atoms with Gasteiger partial charge in [-0.15, -0.1) is 0 Å². The first kappa shape index (κ1) is 7.85. The van der Waals surface area contributed by atoms with Crippen LogP contribution < -0.4 is 10.6 Å². The summed E-state index contributed by atoms with van der Waals surface area (Å²) in [5.74, 6) is -0.228. The lowest BCUT2D eigenvalue weighted by molar-refractivity contribution is 0.628. The second-order valence-electron chi connectivity index (χ2n) is 2.19. The Morgan fingerprint density at radius 1 is 1.09 bits per heavy atom. The van der Waals surface area contributed by atoms with Crippen LogP contribution in [-0.4, -0.2) is 14.1 Å². The van der Waals surface area contributed by atoms with Crippen molar-refractivity contribution < 1.29 is 4.39 Å². The average molecular weight is 154 g/mol. The molecule has 0 bridgehead atoms. The summed E-state index contributed by atoms with van der Waals surface area (Å²) in [6.07, 6.45) is 0. The highest BCUT2D eigenvalue weighted by Gasteiger charge is 1.98. The molecule has 0 aromatic heterocycles. The molecule has 0 aliphatic rings. The van der Waals surface area contributed by atoms with Crippen LogP contribution in [0.3, 0.4) is 0 Å². The van der Waals surface area contributed by atoms with Crippen LogP contribution in [0.4, 0.5) is 15.8 Å². The van der Waals surface area contributed by atoms with Gasteiger partial charge in [-0.05, 0) is 18.2 Å². The summed E-state index contributed by atoms with van der Waals surface area (Å²) in [7, 11) is 3.56. The molecule has 60 valence electrons. The molecule has 0 saturated heterocycles. The van der Waals surface area contributed by atoms with Crippen molar-refractivity contribution in [1.82, 2.24) is 0 Å². The van der Waals surface area contributed by atoms with Crippen molar-refractivity contribution in [3.63, 3.8) is 0 Å². The van der Waals surface area contributed by atoms with Crippen LogP contribution in [0.2, 0.25) is 0 Å². The minimum absolute atomic E-state index is 0.228. The number of nitrogens with one attached hydrogen (secondary N) is 2. The second kappa shape index (κ2) is 3.23. The van der Waals surface area contributed by atoms with Crippen LogP contribution in [0.25, 0.3) is 0 Å². The molecule has 0 fully saturated rings. The molecule has 1 aromatic rings. The molecule has 0 atom stereocenters. The Morgan fingerprint density at radius 2 is 1.73 bits per heavy atom. The van der Waals surface area contributed by atoms with Gasteiger partial charge in [-0.2, -0.15) is 0 Å². The molecule has 0 aliphatic heterocycles. The molecule has 0 heterocycles. The smallest absolute Gasteiger partial charge is 0.125 e. The molecule has 0 radical (unpaired) electrons. The van der Waals surface area contributed by atoms with E-state index in [0.29, 0.717) is 0 Å². The van der Waals surface area contributed by atoms with Crippen LogP contribution in [0.5, 0.6) is 0 Å². The molecule has 0 amide bonds. The largest absolute Gasteiger partial charge is 0.386 e. The summed E-state index contributed by atoms with van der Waals surface area (Å²) in [5, 5.41) is 5.83. The molecule has 2 N–H and O–H groups in total. The van der Waals surface area contributed by atoms with E-state index in [9.17, 15) is 4.39 Å². The van der Waals surface area contributed by atoms with Crippen molar-refractivity contribution in [3.05, 3.63) is 24.0 Å². The molecule has 0 unspecified atom stereocenters. The number of hydrogen-bond acceptors (Lipinski definition) is 2. The SMILES string of the molecule is CNc1ccc(F)cc1NC. The van der Waals surface area contributed by atoms with Gasteiger partial charge >= 0.3 is 0 Å². The third kappa shape index (κ3) is 1.61. The number of benzene rings is 1. The molecule has 0 saturated carbocycles. The van der Waals surface area contributed by atoms with Gasteiger partial charge in [0.2, 0.25) is 0 Å². The predicted octanol–water partition coefficient (Wildman–Crippen LogP) is 1.91. The molecule has 11 heavy (non-hydrogen) atoms. The molecule has 2 nitrogen and oxygen atoms in total. The maximum Gasteiger partial charge on any atom is 0.125 e. The molecular formula is C8H11FN2. The highest BCUT2D eigenvalue weighted by molar-refractivity contribution is 5.68. The lowest BCUT2D eigenvalue weighted by atomic mass is 10.2. The topological polar surface area (TPSA) is 24.1 Å². The normalized spacial score (nSPS) is 9.36. The fraction of sp³-hybridized carbons (Fsp3) is 0.250. The van der Waals surface area contributed by atoms with E-state index in [4.69, 9.17) is 0 Å². The van der Waals surface area contributed by atoms with Gasteiger partial charge in [-0.1, -0.05) is 0 Å². The minimum Gasteiger partial charge on any atom is -0.386 e. The zero-order valence-corrected chi connectivity index (χ0v) is 6.61. The van der Waals surface area contributed by atoms with E-state index in [1.165, 1.54) is 12.1 Å². The van der Waals surface area contributed by atoms with Crippen LogP contribution >= 0.6 is 0 Å². The Balaban J connectivity index is 3.06. The summed E-state index contributed by atoms with van der Waals surface area (Å²) in [5.41, 5.74) is 1.67.